The van der Waals surface area contributed by atoms with Gasteiger partial charge < -0.3 is 5.73 Å². The van der Waals surface area contributed by atoms with Gasteiger partial charge in [0.15, 0.2) is 0 Å². The van der Waals surface area contributed by atoms with Crippen LogP contribution in [-0.2, 0) is 6.54 Å². The first-order valence-electron chi connectivity index (χ1n) is 4.44. The number of benzene rings is 1. The predicted molar refractivity (Wildman–Crippen MR) is 54.6 cm³/mol. The highest BCUT2D eigenvalue weighted by atomic mass is 15.3. The van der Waals surface area contributed by atoms with Gasteiger partial charge in [-0.1, -0.05) is 0 Å². The summed E-state index contributed by atoms with van der Waals surface area (Å²) in [6, 6.07) is 3.91. The van der Waals surface area contributed by atoms with Gasteiger partial charge in [0.2, 0.25) is 0 Å². The molecule has 3 nitrogen and oxygen atoms in total. The molecule has 1 aromatic carbocycles. The van der Waals surface area contributed by atoms with E-state index < -0.39 is 0 Å². The minimum Gasteiger partial charge on any atom is -0.399 e. The zero-order chi connectivity index (χ0) is 9.42. The summed E-state index contributed by atoms with van der Waals surface area (Å²) in [5.41, 5.74) is 8.74. The van der Waals surface area contributed by atoms with E-state index in [4.69, 9.17) is 5.73 Å². The molecule has 0 amide bonds. The van der Waals surface area contributed by atoms with Gasteiger partial charge in [-0.2, -0.15) is 5.10 Å². The van der Waals surface area contributed by atoms with Crippen LogP contribution in [0.3, 0.4) is 0 Å². The van der Waals surface area contributed by atoms with Crippen molar-refractivity contribution in [1.82, 2.24) is 9.78 Å². The molecule has 2 aromatic rings. The molecule has 0 spiro atoms. The Morgan fingerprint density at radius 2 is 2.23 bits per heavy atom. The lowest BCUT2D eigenvalue weighted by Gasteiger charge is -1.96. The second-order valence-corrected chi connectivity index (χ2v) is 3.26. The molecule has 0 saturated carbocycles. The third kappa shape index (κ3) is 1.26. The van der Waals surface area contributed by atoms with Crippen LogP contribution in [-0.4, -0.2) is 9.78 Å². The number of fused-ring (bicyclic) bond motifs is 1. The molecule has 0 radical (unpaired) electrons. The van der Waals surface area contributed by atoms with Crippen molar-refractivity contribution in [1.29, 1.82) is 0 Å². The summed E-state index contributed by atoms with van der Waals surface area (Å²) in [5.74, 6) is 0. The van der Waals surface area contributed by atoms with Crippen LogP contribution >= 0.6 is 0 Å². The SMILES string of the molecule is CCn1cc2cc(N)cc(C)c2n1. The first-order valence-corrected chi connectivity index (χ1v) is 4.44. The molecule has 2 N–H and O–H groups in total. The molecule has 0 aliphatic heterocycles. The van der Waals surface area contributed by atoms with E-state index in [1.165, 1.54) is 0 Å². The van der Waals surface area contributed by atoms with Crippen LogP contribution in [0.15, 0.2) is 18.3 Å². The molecule has 0 fully saturated rings. The van der Waals surface area contributed by atoms with E-state index in [2.05, 4.69) is 12.0 Å². The Labute approximate surface area is 77.2 Å². The summed E-state index contributed by atoms with van der Waals surface area (Å²) in [4.78, 5) is 0. The lowest BCUT2D eigenvalue weighted by atomic mass is 10.1. The summed E-state index contributed by atoms with van der Waals surface area (Å²) in [7, 11) is 0. The molecule has 0 atom stereocenters. The maximum Gasteiger partial charge on any atom is 0.0953 e. The fourth-order valence-corrected chi connectivity index (χ4v) is 1.55. The molecule has 0 unspecified atom stereocenters. The Balaban J connectivity index is 2.75. The number of nitrogen functional groups attached to an aromatic ring is 1. The fourth-order valence-electron chi connectivity index (χ4n) is 1.55. The van der Waals surface area contributed by atoms with Gasteiger partial charge >= 0.3 is 0 Å². The van der Waals surface area contributed by atoms with Crippen LogP contribution in [0.5, 0.6) is 0 Å². The normalized spacial score (nSPS) is 10.9. The summed E-state index contributed by atoms with van der Waals surface area (Å²) in [6.45, 7) is 5.00. The monoisotopic (exact) mass is 175 g/mol. The average Bonchev–Trinajstić information content (AvgIpc) is 2.47. The molecule has 0 aliphatic rings. The highest BCUT2D eigenvalue weighted by molar-refractivity contribution is 5.84. The number of nitrogens with zero attached hydrogens (tertiary/aromatic N) is 2. The molecule has 0 aliphatic carbocycles. The number of nitrogens with two attached hydrogens (primary N) is 1. The van der Waals surface area contributed by atoms with E-state index in [0.29, 0.717) is 0 Å². The summed E-state index contributed by atoms with van der Waals surface area (Å²) >= 11 is 0. The maximum absolute atomic E-state index is 5.74. The molecule has 0 bridgehead atoms. The van der Waals surface area contributed by atoms with Crippen molar-refractivity contribution in [2.45, 2.75) is 20.4 Å². The number of anilines is 1. The molecule has 3 heteroatoms. The van der Waals surface area contributed by atoms with Crippen molar-refractivity contribution < 1.29 is 0 Å². The molecule has 1 heterocycles. The van der Waals surface area contributed by atoms with Gasteiger partial charge in [0.25, 0.3) is 0 Å². The van der Waals surface area contributed by atoms with Gasteiger partial charge in [-0.15, -0.1) is 0 Å². The molecular weight excluding hydrogens is 162 g/mol. The average molecular weight is 175 g/mol. The lowest BCUT2D eigenvalue weighted by Crippen LogP contribution is -1.92. The van der Waals surface area contributed by atoms with Crippen molar-refractivity contribution in [3.63, 3.8) is 0 Å². The summed E-state index contributed by atoms with van der Waals surface area (Å²) in [5, 5.41) is 5.56. The van der Waals surface area contributed by atoms with Gasteiger partial charge in [0, 0.05) is 23.8 Å². The first kappa shape index (κ1) is 8.10. The van der Waals surface area contributed by atoms with Crippen molar-refractivity contribution in [2.24, 2.45) is 0 Å². The van der Waals surface area contributed by atoms with E-state index in [0.717, 1.165) is 28.7 Å². The number of hydrogen-bond donors (Lipinski definition) is 1. The summed E-state index contributed by atoms with van der Waals surface area (Å²) < 4.78 is 1.93. The van der Waals surface area contributed by atoms with Crippen LogP contribution in [0.1, 0.15) is 12.5 Å². The molecule has 68 valence electrons. The Morgan fingerprint density at radius 1 is 1.46 bits per heavy atom. The third-order valence-electron chi connectivity index (χ3n) is 2.19. The first-order chi connectivity index (χ1) is 6.20. The van der Waals surface area contributed by atoms with Gasteiger partial charge in [0.05, 0.1) is 5.52 Å². The number of hydrogen-bond acceptors (Lipinski definition) is 2. The Morgan fingerprint density at radius 3 is 2.92 bits per heavy atom. The Hall–Kier alpha value is -1.51. The van der Waals surface area contributed by atoms with E-state index >= 15 is 0 Å². The molecule has 2 rings (SSSR count). The van der Waals surface area contributed by atoms with E-state index in [-0.39, 0.29) is 0 Å². The molecule has 0 saturated heterocycles. The molecule has 13 heavy (non-hydrogen) atoms. The predicted octanol–water partition coefficient (Wildman–Crippen LogP) is 1.95. The van der Waals surface area contributed by atoms with Crippen molar-refractivity contribution in [3.05, 3.63) is 23.9 Å². The van der Waals surface area contributed by atoms with Gasteiger partial charge in [0.1, 0.15) is 0 Å². The minimum absolute atomic E-state index is 0.806. The second kappa shape index (κ2) is 2.76. The van der Waals surface area contributed by atoms with Crippen molar-refractivity contribution >= 4 is 16.6 Å². The van der Waals surface area contributed by atoms with Crippen LogP contribution in [0.2, 0.25) is 0 Å². The minimum atomic E-state index is 0.806. The van der Waals surface area contributed by atoms with Crippen LogP contribution < -0.4 is 5.73 Å². The quantitative estimate of drug-likeness (QED) is 0.673. The van der Waals surface area contributed by atoms with Crippen LogP contribution in [0.4, 0.5) is 5.69 Å². The third-order valence-corrected chi connectivity index (χ3v) is 2.19. The maximum atomic E-state index is 5.74. The summed E-state index contributed by atoms with van der Waals surface area (Å²) in [6.07, 6.45) is 2.03. The number of aryl methyl sites for hydroxylation is 2. The zero-order valence-electron chi connectivity index (χ0n) is 7.91. The largest absolute Gasteiger partial charge is 0.399 e. The highest BCUT2D eigenvalue weighted by Crippen LogP contribution is 2.20. The van der Waals surface area contributed by atoms with E-state index in [1.807, 2.05) is 29.9 Å². The van der Waals surface area contributed by atoms with Crippen molar-refractivity contribution in [3.8, 4) is 0 Å². The standard InChI is InChI=1S/C10H13N3/c1-3-13-6-8-5-9(11)4-7(2)10(8)12-13/h4-6H,3,11H2,1-2H3. The van der Waals surface area contributed by atoms with E-state index in [9.17, 15) is 0 Å². The van der Waals surface area contributed by atoms with Crippen molar-refractivity contribution in [2.75, 3.05) is 5.73 Å². The Bertz CT molecular complexity index is 443. The number of rotatable bonds is 1. The Kier molecular flexibility index (Phi) is 1.72. The van der Waals surface area contributed by atoms with E-state index in [1.54, 1.807) is 0 Å². The highest BCUT2D eigenvalue weighted by Gasteiger charge is 2.03. The van der Waals surface area contributed by atoms with Gasteiger partial charge in [-0.3, -0.25) is 4.68 Å². The van der Waals surface area contributed by atoms with Gasteiger partial charge in [-0.25, -0.2) is 0 Å². The topological polar surface area (TPSA) is 43.8 Å². The number of aromatic nitrogens is 2. The smallest absolute Gasteiger partial charge is 0.0953 e. The fraction of sp³-hybridized carbons (Fsp3) is 0.300. The molecular formula is C10H13N3. The van der Waals surface area contributed by atoms with Crippen LogP contribution in [0.25, 0.3) is 10.9 Å². The zero-order valence-corrected chi connectivity index (χ0v) is 7.91. The second-order valence-electron chi connectivity index (χ2n) is 3.26. The lowest BCUT2D eigenvalue weighted by molar-refractivity contribution is 0.667. The molecule has 1 aromatic heterocycles. The van der Waals surface area contributed by atoms with Crippen LogP contribution in [0, 0.1) is 6.92 Å². The van der Waals surface area contributed by atoms with Gasteiger partial charge in [-0.05, 0) is 31.5 Å².